The van der Waals surface area contributed by atoms with Gasteiger partial charge in [-0.15, -0.1) is 0 Å². The zero-order valence-electron chi connectivity index (χ0n) is 19.1. The zero-order valence-corrected chi connectivity index (χ0v) is 19.1. The summed E-state index contributed by atoms with van der Waals surface area (Å²) in [5, 5.41) is 10.1. The van der Waals surface area contributed by atoms with Crippen LogP contribution in [0.3, 0.4) is 0 Å². The lowest BCUT2D eigenvalue weighted by atomic mass is 10.1. The van der Waals surface area contributed by atoms with E-state index in [1.807, 2.05) is 0 Å². The predicted octanol–water partition coefficient (Wildman–Crippen LogP) is 1.09. The molecule has 0 aliphatic carbocycles. The van der Waals surface area contributed by atoms with Crippen molar-refractivity contribution in [1.82, 2.24) is 10.2 Å². The molecule has 0 bridgehead atoms. The Hall–Kier alpha value is -4.12. The summed E-state index contributed by atoms with van der Waals surface area (Å²) in [6.07, 6.45) is 0. The number of nitrogens with one attached hydrogen (secondary N) is 2. The van der Waals surface area contributed by atoms with Crippen LogP contribution in [0.2, 0.25) is 0 Å². The molecule has 2 aromatic carbocycles. The summed E-state index contributed by atoms with van der Waals surface area (Å²) in [5.41, 5.74) is 13.7. The van der Waals surface area contributed by atoms with Crippen LogP contribution in [0.4, 0.5) is 5.69 Å². The van der Waals surface area contributed by atoms with E-state index < -0.39 is 23.7 Å². The number of nitrogen functional groups attached to an aromatic ring is 2. The third kappa shape index (κ3) is 4.64. The van der Waals surface area contributed by atoms with Crippen LogP contribution in [0.5, 0.6) is 5.75 Å². The van der Waals surface area contributed by atoms with Gasteiger partial charge < -0.3 is 31.0 Å². The molecule has 1 aliphatic heterocycles. The van der Waals surface area contributed by atoms with E-state index in [4.69, 9.17) is 31.1 Å². The number of carbonyl (C=O) groups excluding carboxylic acids is 3. The molecule has 11 nitrogen and oxygen atoms in total. The van der Waals surface area contributed by atoms with Gasteiger partial charge in [-0.1, -0.05) is 12.1 Å². The number of nitrogens with two attached hydrogens (primary N) is 2. The molecule has 0 fully saturated rings. The third-order valence-electron chi connectivity index (χ3n) is 5.28. The summed E-state index contributed by atoms with van der Waals surface area (Å²) < 4.78 is 16.3. The van der Waals surface area contributed by atoms with Gasteiger partial charge in [0.15, 0.2) is 0 Å². The van der Waals surface area contributed by atoms with Gasteiger partial charge in [-0.25, -0.2) is 0 Å². The highest BCUT2D eigenvalue weighted by Crippen LogP contribution is 2.34. The largest absolute Gasteiger partial charge is 0.497 e. The Balaban J connectivity index is 1.92. The van der Waals surface area contributed by atoms with Crippen LogP contribution in [-0.2, 0) is 32.2 Å². The molecule has 1 heterocycles. The lowest BCUT2D eigenvalue weighted by Gasteiger charge is -2.37. The molecular weight excluding hydrogens is 442 g/mol. The van der Waals surface area contributed by atoms with Gasteiger partial charge in [0.05, 0.1) is 20.3 Å². The van der Waals surface area contributed by atoms with Crippen molar-refractivity contribution in [3.8, 4) is 5.75 Å². The molecule has 34 heavy (non-hydrogen) atoms. The van der Waals surface area contributed by atoms with Crippen molar-refractivity contribution in [2.24, 2.45) is 5.73 Å². The van der Waals surface area contributed by atoms with Crippen LogP contribution in [-0.4, -0.2) is 48.1 Å². The summed E-state index contributed by atoms with van der Waals surface area (Å²) in [4.78, 5) is 39.7. The van der Waals surface area contributed by atoms with Crippen molar-refractivity contribution in [2.45, 2.75) is 32.8 Å². The van der Waals surface area contributed by atoms with Crippen LogP contribution >= 0.6 is 0 Å². The number of amides is 2. The Morgan fingerprint density at radius 2 is 1.97 bits per heavy atom. The maximum absolute atomic E-state index is 13.4. The van der Waals surface area contributed by atoms with Crippen molar-refractivity contribution in [3.05, 3.63) is 58.7 Å². The SMILES string of the molecule is CCO[C@](OC(C)=O)(C(=O)NCc1ccc(C(=N)N)cc1N)N1Cc2cc(OC)ccc2C1=O. The number of fused-ring (bicyclic) bond motifs is 1. The first-order valence-corrected chi connectivity index (χ1v) is 10.5. The highest BCUT2D eigenvalue weighted by molar-refractivity contribution is 6.02. The van der Waals surface area contributed by atoms with Gasteiger partial charge in [-0.3, -0.25) is 24.7 Å². The number of rotatable bonds is 9. The topological polar surface area (TPSA) is 170 Å². The second kappa shape index (κ2) is 9.79. The first kappa shape index (κ1) is 24.5. The summed E-state index contributed by atoms with van der Waals surface area (Å²) in [7, 11) is 1.50. The molecular formula is C23H27N5O6. The molecule has 2 amide bonds. The Labute approximate surface area is 196 Å². The van der Waals surface area contributed by atoms with Gasteiger partial charge in [0.25, 0.3) is 5.91 Å². The maximum Gasteiger partial charge on any atom is 0.383 e. The number of methoxy groups -OCH3 is 1. The molecule has 0 saturated carbocycles. The van der Waals surface area contributed by atoms with Gasteiger partial charge in [-0.2, -0.15) is 0 Å². The summed E-state index contributed by atoms with van der Waals surface area (Å²) in [6, 6.07) is 9.60. The van der Waals surface area contributed by atoms with E-state index in [9.17, 15) is 14.4 Å². The molecule has 11 heteroatoms. The standard InChI is InChI=1S/C23H27N5O6/c1-4-33-23(34-13(2)29,28-12-16-9-17(32-3)7-8-18(16)21(28)30)22(31)27-11-15-6-5-14(20(25)26)10-19(15)24/h5-10H,4,11-12,24H2,1-3H3,(H3,25,26)(H,27,31)/t23-/m0/s1. The fourth-order valence-corrected chi connectivity index (χ4v) is 3.66. The number of hydrogen-bond acceptors (Lipinski definition) is 8. The molecule has 180 valence electrons. The summed E-state index contributed by atoms with van der Waals surface area (Å²) in [6.45, 7) is 2.61. The summed E-state index contributed by atoms with van der Waals surface area (Å²) >= 11 is 0. The van der Waals surface area contributed by atoms with Crippen molar-refractivity contribution >= 4 is 29.3 Å². The molecule has 0 aromatic heterocycles. The number of amidine groups is 1. The van der Waals surface area contributed by atoms with Crippen LogP contribution < -0.4 is 21.5 Å². The van der Waals surface area contributed by atoms with Crippen molar-refractivity contribution in [3.63, 3.8) is 0 Å². The number of esters is 1. The van der Waals surface area contributed by atoms with Crippen LogP contribution in [0.25, 0.3) is 0 Å². The monoisotopic (exact) mass is 469 g/mol. The van der Waals surface area contributed by atoms with Crippen LogP contribution in [0.1, 0.15) is 40.9 Å². The molecule has 0 saturated heterocycles. The van der Waals surface area contributed by atoms with Crippen molar-refractivity contribution < 1.29 is 28.6 Å². The number of ether oxygens (including phenoxy) is 3. The van der Waals surface area contributed by atoms with Crippen LogP contribution in [0.15, 0.2) is 36.4 Å². The highest BCUT2D eigenvalue weighted by atomic mass is 16.7. The lowest BCUT2D eigenvalue weighted by Crippen LogP contribution is -2.63. The molecule has 1 atom stereocenters. The lowest BCUT2D eigenvalue weighted by molar-refractivity contribution is -0.272. The van der Waals surface area contributed by atoms with E-state index in [0.29, 0.717) is 33.7 Å². The average molecular weight is 469 g/mol. The minimum Gasteiger partial charge on any atom is -0.497 e. The quantitative estimate of drug-likeness (QED) is 0.139. The number of carbonyl (C=O) groups is 3. The second-order valence-electron chi connectivity index (χ2n) is 7.53. The van der Waals surface area contributed by atoms with E-state index in [1.165, 1.54) is 13.2 Å². The molecule has 0 radical (unpaired) electrons. The summed E-state index contributed by atoms with van der Waals surface area (Å²) in [5.74, 6) is -4.14. The zero-order chi connectivity index (χ0) is 25.0. The highest BCUT2D eigenvalue weighted by Gasteiger charge is 2.54. The number of hydrogen-bond donors (Lipinski definition) is 4. The van der Waals surface area contributed by atoms with Gasteiger partial charge in [0.1, 0.15) is 11.6 Å². The van der Waals surface area contributed by atoms with Gasteiger partial charge in [0.2, 0.25) is 0 Å². The molecule has 0 spiro atoms. The Morgan fingerprint density at radius 1 is 1.24 bits per heavy atom. The van der Waals surface area contributed by atoms with Crippen LogP contribution in [0, 0.1) is 5.41 Å². The Bertz CT molecular complexity index is 1150. The fraction of sp³-hybridized carbons (Fsp3) is 0.304. The Kier molecular flexibility index (Phi) is 7.06. The maximum atomic E-state index is 13.4. The molecule has 3 rings (SSSR count). The second-order valence-corrected chi connectivity index (χ2v) is 7.53. The molecule has 2 aromatic rings. The molecule has 0 unspecified atom stereocenters. The third-order valence-corrected chi connectivity index (χ3v) is 5.28. The fourth-order valence-electron chi connectivity index (χ4n) is 3.66. The predicted molar refractivity (Wildman–Crippen MR) is 123 cm³/mol. The first-order chi connectivity index (χ1) is 16.1. The average Bonchev–Trinajstić information content (AvgIpc) is 3.13. The van der Waals surface area contributed by atoms with E-state index in [2.05, 4.69) is 5.32 Å². The molecule has 1 aliphatic rings. The molecule has 6 N–H and O–H groups in total. The van der Waals surface area contributed by atoms with E-state index >= 15 is 0 Å². The first-order valence-electron chi connectivity index (χ1n) is 10.5. The number of benzene rings is 2. The number of anilines is 1. The normalized spacial score (nSPS) is 14.2. The van der Waals surface area contributed by atoms with E-state index in [0.717, 1.165) is 11.8 Å². The van der Waals surface area contributed by atoms with Gasteiger partial charge >= 0.3 is 17.8 Å². The van der Waals surface area contributed by atoms with E-state index in [-0.39, 0.29) is 25.5 Å². The minimum absolute atomic E-state index is 0.0282. The van der Waals surface area contributed by atoms with Crippen molar-refractivity contribution in [2.75, 3.05) is 19.5 Å². The number of nitrogens with zero attached hydrogens (tertiary/aromatic N) is 1. The van der Waals surface area contributed by atoms with E-state index in [1.54, 1.807) is 37.3 Å². The van der Waals surface area contributed by atoms with Gasteiger partial charge in [0, 0.05) is 30.3 Å². The smallest absolute Gasteiger partial charge is 0.383 e. The minimum atomic E-state index is -2.34. The van der Waals surface area contributed by atoms with Crippen molar-refractivity contribution in [1.29, 1.82) is 5.41 Å². The Morgan fingerprint density at radius 3 is 2.56 bits per heavy atom. The van der Waals surface area contributed by atoms with Gasteiger partial charge in [-0.05, 0) is 42.3 Å².